The van der Waals surface area contributed by atoms with Crippen LogP contribution in [0.3, 0.4) is 0 Å². The topological polar surface area (TPSA) is 113 Å². The fourth-order valence-electron chi connectivity index (χ4n) is 1.000. The number of nitrogens with one attached hydrogen (secondary N) is 1. The van der Waals surface area contributed by atoms with Gasteiger partial charge in [-0.05, 0) is 0 Å². The van der Waals surface area contributed by atoms with Crippen molar-refractivity contribution in [3.63, 3.8) is 0 Å². The van der Waals surface area contributed by atoms with E-state index in [0.29, 0.717) is 0 Å². The molecule has 0 fully saturated rings. The highest BCUT2D eigenvalue weighted by atomic mass is 16.1. The molecule has 0 bridgehead atoms. The van der Waals surface area contributed by atoms with Crippen molar-refractivity contribution in [2.75, 3.05) is 5.73 Å². The van der Waals surface area contributed by atoms with E-state index in [-0.39, 0.29) is 17.1 Å². The minimum absolute atomic E-state index is 0.0329. The van der Waals surface area contributed by atoms with Crippen LogP contribution in [0.25, 0.3) is 11.2 Å². The van der Waals surface area contributed by atoms with Gasteiger partial charge in [0, 0.05) is 0 Å². The number of nitrogens with two attached hydrogens (primary N) is 1. The van der Waals surface area contributed by atoms with Gasteiger partial charge in [0.05, 0.1) is 0 Å². The van der Waals surface area contributed by atoms with Crippen molar-refractivity contribution >= 4 is 17.1 Å². The Labute approximate surface area is 71.5 Å². The summed E-state index contributed by atoms with van der Waals surface area (Å²) in [4.78, 5) is 20.9. The van der Waals surface area contributed by atoms with Crippen LogP contribution in [0.2, 0.25) is 0 Å². The van der Waals surface area contributed by atoms with E-state index in [1.54, 1.807) is 6.19 Å². The van der Waals surface area contributed by atoms with Crippen LogP contribution in [-0.2, 0) is 0 Å². The maximum Gasteiger partial charge on any atom is 0.280 e. The molecule has 0 aliphatic rings. The van der Waals surface area contributed by atoms with Gasteiger partial charge >= 0.3 is 0 Å². The Kier molecular flexibility index (Phi) is 1.30. The second-order valence-corrected chi connectivity index (χ2v) is 2.34. The number of hydrogen-bond acceptors (Lipinski definition) is 5. The first kappa shape index (κ1) is 7.30. The molecule has 0 radical (unpaired) electrons. The molecular formula is C6H4N6O. The van der Waals surface area contributed by atoms with Crippen LogP contribution in [-0.4, -0.2) is 19.5 Å². The first-order valence-electron chi connectivity index (χ1n) is 3.35. The summed E-state index contributed by atoms with van der Waals surface area (Å²) in [5, 5.41) is 8.59. The number of H-pyrrole nitrogens is 1. The van der Waals surface area contributed by atoms with E-state index >= 15 is 0 Å². The molecule has 0 aliphatic heterocycles. The first-order valence-corrected chi connectivity index (χ1v) is 3.35. The van der Waals surface area contributed by atoms with E-state index in [1.165, 1.54) is 6.33 Å². The summed E-state index contributed by atoms with van der Waals surface area (Å²) in [6.07, 6.45) is 3.00. The number of nitrogen functional groups attached to an aromatic ring is 1. The molecule has 2 heterocycles. The Bertz CT molecular complexity index is 558. The second-order valence-electron chi connectivity index (χ2n) is 2.34. The van der Waals surface area contributed by atoms with Crippen LogP contribution in [0.4, 0.5) is 5.95 Å². The van der Waals surface area contributed by atoms with E-state index < -0.39 is 5.56 Å². The molecule has 0 spiro atoms. The zero-order valence-corrected chi connectivity index (χ0v) is 6.35. The lowest BCUT2D eigenvalue weighted by atomic mass is 10.5. The second kappa shape index (κ2) is 2.31. The maximum atomic E-state index is 11.2. The SMILES string of the molecule is N#Cn1cnc2c(=O)[nH]c(N)nc21. The lowest BCUT2D eigenvalue weighted by Crippen LogP contribution is -2.11. The fourth-order valence-corrected chi connectivity index (χ4v) is 1.000. The van der Waals surface area contributed by atoms with Crippen LogP contribution in [0.1, 0.15) is 0 Å². The summed E-state index contributed by atoms with van der Waals surface area (Å²) in [7, 11) is 0. The fraction of sp³-hybridized carbons (Fsp3) is 0. The van der Waals surface area contributed by atoms with Crippen molar-refractivity contribution in [2.45, 2.75) is 0 Å². The highest BCUT2D eigenvalue weighted by Gasteiger charge is 2.07. The highest BCUT2D eigenvalue weighted by molar-refractivity contribution is 5.71. The monoisotopic (exact) mass is 176 g/mol. The molecule has 0 saturated heterocycles. The minimum atomic E-state index is -0.448. The molecule has 0 amide bonds. The van der Waals surface area contributed by atoms with Crippen molar-refractivity contribution in [1.29, 1.82) is 5.26 Å². The molecular weight excluding hydrogens is 172 g/mol. The number of rotatable bonds is 0. The van der Waals surface area contributed by atoms with Crippen LogP contribution < -0.4 is 11.3 Å². The lowest BCUT2D eigenvalue weighted by molar-refractivity contribution is 1.08. The van der Waals surface area contributed by atoms with Crippen LogP contribution in [0, 0.1) is 11.5 Å². The molecule has 0 aliphatic carbocycles. The predicted molar refractivity (Wildman–Crippen MR) is 43.6 cm³/mol. The van der Waals surface area contributed by atoms with Gasteiger partial charge in [0.2, 0.25) is 5.95 Å². The molecule has 0 aromatic carbocycles. The third-order valence-electron chi connectivity index (χ3n) is 1.53. The number of hydrogen-bond donors (Lipinski definition) is 2. The summed E-state index contributed by atoms with van der Waals surface area (Å²) in [5.41, 5.74) is 5.12. The van der Waals surface area contributed by atoms with Crippen LogP contribution in [0.5, 0.6) is 0 Å². The van der Waals surface area contributed by atoms with Gasteiger partial charge < -0.3 is 5.73 Å². The molecule has 0 saturated carbocycles. The molecule has 7 heteroatoms. The van der Waals surface area contributed by atoms with Gasteiger partial charge in [0.25, 0.3) is 5.56 Å². The van der Waals surface area contributed by atoms with Gasteiger partial charge in [-0.25, -0.2) is 9.55 Å². The predicted octanol–water partition coefficient (Wildman–Crippen LogP) is -0.969. The van der Waals surface area contributed by atoms with Crippen LogP contribution >= 0.6 is 0 Å². The summed E-state index contributed by atoms with van der Waals surface area (Å²) in [6, 6.07) is 0. The van der Waals surface area contributed by atoms with Gasteiger partial charge in [-0.3, -0.25) is 9.78 Å². The summed E-state index contributed by atoms with van der Waals surface area (Å²) < 4.78 is 1.07. The van der Waals surface area contributed by atoms with E-state index in [2.05, 4.69) is 15.0 Å². The third-order valence-corrected chi connectivity index (χ3v) is 1.53. The molecule has 2 aromatic heterocycles. The normalized spacial score (nSPS) is 10.1. The first-order chi connectivity index (χ1) is 6.22. The molecule has 0 atom stereocenters. The third kappa shape index (κ3) is 0.927. The Balaban J connectivity index is 3.00. The molecule has 2 aromatic rings. The Hall–Kier alpha value is -2.36. The van der Waals surface area contributed by atoms with E-state index in [1.807, 2.05) is 0 Å². The van der Waals surface area contributed by atoms with Crippen molar-refractivity contribution in [3.8, 4) is 6.19 Å². The lowest BCUT2D eigenvalue weighted by Gasteiger charge is -1.91. The molecule has 0 unspecified atom stereocenters. The number of imidazole rings is 1. The van der Waals surface area contributed by atoms with Gasteiger partial charge in [-0.2, -0.15) is 10.2 Å². The Morgan fingerprint density at radius 2 is 2.46 bits per heavy atom. The number of nitrogens with zero attached hydrogens (tertiary/aromatic N) is 4. The molecule has 3 N–H and O–H groups in total. The van der Waals surface area contributed by atoms with Gasteiger partial charge in [0.1, 0.15) is 6.33 Å². The van der Waals surface area contributed by atoms with E-state index in [0.717, 1.165) is 4.57 Å². The zero-order chi connectivity index (χ0) is 9.42. The molecule has 13 heavy (non-hydrogen) atoms. The van der Waals surface area contributed by atoms with Crippen LogP contribution in [0.15, 0.2) is 11.1 Å². The number of anilines is 1. The Morgan fingerprint density at radius 3 is 3.15 bits per heavy atom. The average Bonchev–Trinajstić information content (AvgIpc) is 2.47. The van der Waals surface area contributed by atoms with Gasteiger partial charge in [-0.15, -0.1) is 0 Å². The summed E-state index contributed by atoms with van der Waals surface area (Å²) in [5.74, 6) is -0.0329. The maximum absolute atomic E-state index is 11.2. The standard InChI is InChI=1S/C6H4N6O/c7-1-12-2-9-3-4(12)10-6(8)11-5(3)13/h2H,(H3,8,10,11,13). The average molecular weight is 176 g/mol. The van der Waals surface area contributed by atoms with Crippen molar-refractivity contribution in [2.24, 2.45) is 0 Å². The minimum Gasteiger partial charge on any atom is -0.369 e. The molecule has 7 nitrogen and oxygen atoms in total. The van der Waals surface area contributed by atoms with Gasteiger partial charge in [-0.1, -0.05) is 0 Å². The summed E-state index contributed by atoms with van der Waals surface area (Å²) >= 11 is 0. The van der Waals surface area contributed by atoms with Crippen molar-refractivity contribution < 1.29 is 0 Å². The van der Waals surface area contributed by atoms with Gasteiger partial charge in [0.15, 0.2) is 17.4 Å². The largest absolute Gasteiger partial charge is 0.369 e. The van der Waals surface area contributed by atoms with Crippen molar-refractivity contribution in [1.82, 2.24) is 19.5 Å². The molecule has 2 rings (SSSR count). The molecule has 64 valence electrons. The number of nitriles is 1. The number of aromatic amines is 1. The van der Waals surface area contributed by atoms with Crippen molar-refractivity contribution in [3.05, 3.63) is 16.7 Å². The highest BCUT2D eigenvalue weighted by Crippen LogP contribution is 2.03. The quantitative estimate of drug-likeness (QED) is 0.536. The Morgan fingerprint density at radius 1 is 1.69 bits per heavy atom. The number of aromatic nitrogens is 4. The smallest absolute Gasteiger partial charge is 0.280 e. The zero-order valence-electron chi connectivity index (χ0n) is 6.35. The van der Waals surface area contributed by atoms with E-state index in [4.69, 9.17) is 11.0 Å². The summed E-state index contributed by atoms with van der Waals surface area (Å²) in [6.45, 7) is 0. The van der Waals surface area contributed by atoms with E-state index in [9.17, 15) is 4.79 Å². The number of fused-ring (bicyclic) bond motifs is 1.